The summed E-state index contributed by atoms with van der Waals surface area (Å²) in [5, 5.41) is 3.91. The van der Waals surface area contributed by atoms with Gasteiger partial charge < -0.3 is 4.74 Å². The SMILES string of the molecule is Cc1cccc(OCC(=O)NN=CCCc2ccccc2)c1. The van der Waals surface area contributed by atoms with E-state index >= 15 is 0 Å². The first-order valence-electron chi connectivity index (χ1n) is 7.28. The molecule has 0 aliphatic rings. The highest BCUT2D eigenvalue weighted by molar-refractivity contribution is 5.78. The Labute approximate surface area is 130 Å². The second-order valence-corrected chi connectivity index (χ2v) is 4.98. The number of carbonyl (C=O) groups excluding carboxylic acids is 1. The first-order chi connectivity index (χ1) is 10.7. The van der Waals surface area contributed by atoms with E-state index in [-0.39, 0.29) is 12.5 Å². The Morgan fingerprint density at radius 3 is 2.77 bits per heavy atom. The minimum absolute atomic E-state index is 0.0422. The fourth-order valence-corrected chi connectivity index (χ4v) is 1.94. The predicted octanol–water partition coefficient (Wildman–Crippen LogP) is 3.11. The fourth-order valence-electron chi connectivity index (χ4n) is 1.94. The number of carbonyl (C=O) groups is 1. The number of aryl methyl sites for hydroxylation is 2. The molecule has 114 valence electrons. The van der Waals surface area contributed by atoms with Gasteiger partial charge in [-0.25, -0.2) is 5.43 Å². The number of hydrazone groups is 1. The molecule has 0 heterocycles. The van der Waals surface area contributed by atoms with Crippen molar-refractivity contribution in [2.24, 2.45) is 5.10 Å². The van der Waals surface area contributed by atoms with Crippen molar-refractivity contribution >= 4 is 12.1 Å². The summed E-state index contributed by atoms with van der Waals surface area (Å²) in [4.78, 5) is 11.6. The third kappa shape index (κ3) is 5.79. The van der Waals surface area contributed by atoms with E-state index in [0.717, 1.165) is 18.4 Å². The van der Waals surface area contributed by atoms with Crippen molar-refractivity contribution in [2.75, 3.05) is 6.61 Å². The molecule has 4 nitrogen and oxygen atoms in total. The van der Waals surface area contributed by atoms with Crippen molar-refractivity contribution < 1.29 is 9.53 Å². The van der Waals surface area contributed by atoms with Crippen LogP contribution in [0.4, 0.5) is 0 Å². The standard InChI is InChI=1S/C18H20N2O2/c1-15-7-5-11-17(13-15)22-14-18(21)20-19-12-6-10-16-8-3-2-4-9-16/h2-5,7-9,11-13H,6,10,14H2,1H3,(H,20,21). The molecular weight excluding hydrogens is 276 g/mol. The van der Waals surface area contributed by atoms with Gasteiger partial charge in [0, 0.05) is 6.21 Å². The Bertz CT molecular complexity index is 624. The number of rotatable bonds is 7. The van der Waals surface area contributed by atoms with Crippen molar-refractivity contribution in [1.29, 1.82) is 0 Å². The maximum Gasteiger partial charge on any atom is 0.277 e. The maximum absolute atomic E-state index is 11.6. The summed E-state index contributed by atoms with van der Waals surface area (Å²) in [7, 11) is 0. The summed E-state index contributed by atoms with van der Waals surface area (Å²) in [6.45, 7) is 1.93. The molecule has 2 aromatic carbocycles. The Morgan fingerprint density at radius 1 is 1.18 bits per heavy atom. The largest absolute Gasteiger partial charge is 0.484 e. The lowest BCUT2D eigenvalue weighted by atomic mass is 10.1. The molecule has 1 amide bonds. The van der Waals surface area contributed by atoms with Gasteiger partial charge in [-0.15, -0.1) is 0 Å². The van der Waals surface area contributed by atoms with Gasteiger partial charge in [-0.05, 0) is 43.0 Å². The molecule has 2 rings (SSSR count). The van der Waals surface area contributed by atoms with Crippen LogP contribution in [-0.4, -0.2) is 18.7 Å². The summed E-state index contributed by atoms with van der Waals surface area (Å²) in [5.74, 6) is 0.417. The predicted molar refractivity (Wildman–Crippen MR) is 88.1 cm³/mol. The summed E-state index contributed by atoms with van der Waals surface area (Å²) >= 11 is 0. The number of nitrogens with one attached hydrogen (secondary N) is 1. The van der Waals surface area contributed by atoms with E-state index in [0.29, 0.717) is 5.75 Å². The molecule has 22 heavy (non-hydrogen) atoms. The quantitative estimate of drug-likeness (QED) is 0.630. The molecular formula is C18H20N2O2. The molecule has 0 bridgehead atoms. The van der Waals surface area contributed by atoms with Gasteiger partial charge in [0.05, 0.1) is 0 Å². The van der Waals surface area contributed by atoms with Crippen molar-refractivity contribution in [2.45, 2.75) is 19.8 Å². The minimum Gasteiger partial charge on any atom is -0.484 e. The number of nitrogens with zero attached hydrogens (tertiary/aromatic N) is 1. The van der Waals surface area contributed by atoms with Crippen LogP contribution >= 0.6 is 0 Å². The molecule has 0 radical (unpaired) electrons. The van der Waals surface area contributed by atoms with Crippen LogP contribution in [0.25, 0.3) is 0 Å². The molecule has 1 N–H and O–H groups in total. The third-order valence-corrected chi connectivity index (χ3v) is 3.04. The van der Waals surface area contributed by atoms with Crippen molar-refractivity contribution in [3.05, 3.63) is 65.7 Å². The lowest BCUT2D eigenvalue weighted by molar-refractivity contribution is -0.123. The number of benzene rings is 2. The molecule has 0 aliphatic heterocycles. The van der Waals surface area contributed by atoms with Gasteiger partial charge in [-0.2, -0.15) is 5.10 Å². The van der Waals surface area contributed by atoms with E-state index in [1.807, 2.05) is 49.4 Å². The van der Waals surface area contributed by atoms with Crippen LogP contribution in [0.2, 0.25) is 0 Å². The zero-order valence-corrected chi connectivity index (χ0v) is 12.7. The molecule has 0 aliphatic carbocycles. The van der Waals surface area contributed by atoms with Crippen LogP contribution < -0.4 is 10.2 Å². The molecule has 0 saturated carbocycles. The van der Waals surface area contributed by atoms with Gasteiger partial charge in [0.15, 0.2) is 6.61 Å². The lowest BCUT2D eigenvalue weighted by Crippen LogP contribution is -2.24. The minimum atomic E-state index is -0.266. The first kappa shape index (κ1) is 15.8. The molecule has 2 aromatic rings. The molecule has 0 fully saturated rings. The molecule has 0 aromatic heterocycles. The van der Waals surface area contributed by atoms with E-state index in [1.54, 1.807) is 6.21 Å². The molecule has 0 unspecified atom stereocenters. The second-order valence-electron chi connectivity index (χ2n) is 4.98. The maximum atomic E-state index is 11.6. The highest BCUT2D eigenvalue weighted by Crippen LogP contribution is 2.11. The fraction of sp³-hybridized carbons (Fsp3) is 0.222. The highest BCUT2D eigenvalue weighted by Gasteiger charge is 2.01. The van der Waals surface area contributed by atoms with Crippen LogP contribution in [0.5, 0.6) is 5.75 Å². The van der Waals surface area contributed by atoms with Crippen molar-refractivity contribution in [3.63, 3.8) is 0 Å². The number of hydrogen-bond acceptors (Lipinski definition) is 3. The summed E-state index contributed by atoms with van der Waals surface area (Å²) in [6, 6.07) is 17.7. The van der Waals surface area contributed by atoms with Crippen LogP contribution in [0.1, 0.15) is 17.5 Å². The highest BCUT2D eigenvalue weighted by atomic mass is 16.5. The third-order valence-electron chi connectivity index (χ3n) is 3.04. The smallest absolute Gasteiger partial charge is 0.277 e. The van der Waals surface area contributed by atoms with E-state index in [1.165, 1.54) is 5.56 Å². The van der Waals surface area contributed by atoms with E-state index in [4.69, 9.17) is 4.74 Å². The second kappa shape index (κ2) is 8.62. The normalized spacial score (nSPS) is 10.6. The van der Waals surface area contributed by atoms with Crippen LogP contribution in [0, 0.1) is 6.92 Å². The monoisotopic (exact) mass is 296 g/mol. The topological polar surface area (TPSA) is 50.7 Å². The van der Waals surface area contributed by atoms with Crippen molar-refractivity contribution in [3.8, 4) is 5.75 Å². The number of amides is 1. The van der Waals surface area contributed by atoms with E-state index < -0.39 is 0 Å². The van der Waals surface area contributed by atoms with E-state index in [9.17, 15) is 4.79 Å². The Morgan fingerprint density at radius 2 is 2.00 bits per heavy atom. The summed E-state index contributed by atoms with van der Waals surface area (Å²) in [5.41, 5.74) is 4.81. The lowest BCUT2D eigenvalue weighted by Gasteiger charge is -2.05. The Kier molecular flexibility index (Phi) is 6.18. The zero-order chi connectivity index (χ0) is 15.6. The van der Waals surface area contributed by atoms with Gasteiger partial charge >= 0.3 is 0 Å². The van der Waals surface area contributed by atoms with Gasteiger partial charge in [0.2, 0.25) is 0 Å². The van der Waals surface area contributed by atoms with Crippen molar-refractivity contribution in [1.82, 2.24) is 5.43 Å². The van der Waals surface area contributed by atoms with E-state index in [2.05, 4.69) is 22.7 Å². The van der Waals surface area contributed by atoms with Crippen LogP contribution in [0.3, 0.4) is 0 Å². The van der Waals surface area contributed by atoms with Crippen LogP contribution in [-0.2, 0) is 11.2 Å². The average molecular weight is 296 g/mol. The summed E-state index contributed by atoms with van der Waals surface area (Å²) in [6.07, 6.45) is 3.39. The zero-order valence-electron chi connectivity index (χ0n) is 12.7. The van der Waals surface area contributed by atoms with Gasteiger partial charge in [0.1, 0.15) is 5.75 Å². The number of hydrogen-bond donors (Lipinski definition) is 1. The Balaban J connectivity index is 1.64. The molecule has 0 atom stereocenters. The summed E-state index contributed by atoms with van der Waals surface area (Å²) < 4.78 is 5.39. The van der Waals surface area contributed by atoms with Crippen LogP contribution in [0.15, 0.2) is 59.7 Å². The molecule has 0 saturated heterocycles. The Hall–Kier alpha value is -2.62. The average Bonchev–Trinajstić information content (AvgIpc) is 2.54. The first-order valence-corrected chi connectivity index (χ1v) is 7.28. The van der Waals surface area contributed by atoms with Gasteiger partial charge in [-0.3, -0.25) is 4.79 Å². The number of ether oxygens (including phenoxy) is 1. The van der Waals surface area contributed by atoms with Gasteiger partial charge in [-0.1, -0.05) is 42.5 Å². The molecule has 4 heteroatoms. The van der Waals surface area contributed by atoms with Gasteiger partial charge in [0.25, 0.3) is 5.91 Å². The molecule has 0 spiro atoms.